The van der Waals surface area contributed by atoms with Crippen molar-refractivity contribution in [2.24, 2.45) is 0 Å². The maximum atomic E-state index is 9.90. The van der Waals surface area contributed by atoms with Crippen LogP contribution in [0.25, 0.3) is 6.08 Å². The number of hydrogen-bond donors (Lipinski definition) is 1. The molecule has 3 atom stereocenters. The molecule has 3 nitrogen and oxygen atoms in total. The van der Waals surface area contributed by atoms with Gasteiger partial charge in [-0.15, -0.1) is 0 Å². The summed E-state index contributed by atoms with van der Waals surface area (Å²) in [6.45, 7) is 3.89. The summed E-state index contributed by atoms with van der Waals surface area (Å²) >= 11 is 0. The van der Waals surface area contributed by atoms with E-state index in [4.69, 9.17) is 9.47 Å². The van der Waals surface area contributed by atoms with Crippen molar-refractivity contribution in [2.75, 3.05) is 7.11 Å². The molecular formula is C17H24O3. The second-order valence-corrected chi connectivity index (χ2v) is 5.42. The maximum Gasteiger partial charge on any atom is 0.118 e. The third kappa shape index (κ3) is 3.22. The Morgan fingerprint density at radius 1 is 1.45 bits per heavy atom. The first-order valence-electron chi connectivity index (χ1n) is 7.28. The largest absolute Gasteiger partial charge is 0.497 e. The van der Waals surface area contributed by atoms with E-state index >= 15 is 0 Å². The molecule has 1 aliphatic rings. The van der Waals surface area contributed by atoms with E-state index in [1.807, 2.05) is 31.2 Å². The Kier molecular flexibility index (Phi) is 4.84. The van der Waals surface area contributed by atoms with Crippen LogP contribution in [0.4, 0.5) is 0 Å². The normalized spacial score (nSPS) is 27.9. The Balaban J connectivity index is 1.98. The van der Waals surface area contributed by atoms with Gasteiger partial charge in [-0.1, -0.05) is 31.2 Å². The van der Waals surface area contributed by atoms with E-state index < -0.39 is 6.10 Å². The number of aliphatic hydroxyl groups is 1. The van der Waals surface area contributed by atoms with Gasteiger partial charge in [0.1, 0.15) is 5.75 Å². The van der Waals surface area contributed by atoms with Gasteiger partial charge in [-0.25, -0.2) is 0 Å². The van der Waals surface area contributed by atoms with Crippen LogP contribution in [0.15, 0.2) is 30.3 Å². The summed E-state index contributed by atoms with van der Waals surface area (Å²) in [6.07, 6.45) is 6.54. The molecular weight excluding hydrogens is 252 g/mol. The van der Waals surface area contributed by atoms with Crippen molar-refractivity contribution in [2.45, 2.75) is 50.9 Å². The van der Waals surface area contributed by atoms with Crippen molar-refractivity contribution in [3.63, 3.8) is 0 Å². The van der Waals surface area contributed by atoms with E-state index in [0.29, 0.717) is 0 Å². The smallest absolute Gasteiger partial charge is 0.118 e. The molecule has 3 heteroatoms. The summed E-state index contributed by atoms with van der Waals surface area (Å²) in [5.41, 5.74) is 0.759. The van der Waals surface area contributed by atoms with Gasteiger partial charge in [-0.3, -0.25) is 0 Å². The molecule has 0 saturated carbocycles. The summed E-state index contributed by atoms with van der Waals surface area (Å²) in [7, 11) is 1.66. The Bertz CT molecular complexity index is 450. The molecule has 0 amide bonds. The quantitative estimate of drug-likeness (QED) is 0.895. The third-order valence-corrected chi connectivity index (χ3v) is 4.22. The minimum absolute atomic E-state index is 0.0895. The Labute approximate surface area is 121 Å². The molecule has 1 aliphatic heterocycles. The van der Waals surface area contributed by atoms with Crippen LogP contribution in [0.1, 0.15) is 38.7 Å². The highest BCUT2D eigenvalue weighted by Gasteiger charge is 2.41. The monoisotopic (exact) mass is 276 g/mol. The highest BCUT2D eigenvalue weighted by Crippen LogP contribution is 2.36. The van der Waals surface area contributed by atoms with E-state index in [1.54, 1.807) is 7.11 Å². The van der Waals surface area contributed by atoms with Crippen molar-refractivity contribution < 1.29 is 14.6 Å². The molecule has 2 rings (SSSR count). The molecule has 1 fully saturated rings. The van der Waals surface area contributed by atoms with Crippen LogP contribution in [-0.4, -0.2) is 30.0 Å². The number of hydrogen-bond acceptors (Lipinski definition) is 3. The van der Waals surface area contributed by atoms with Crippen LogP contribution >= 0.6 is 0 Å². The molecule has 0 unspecified atom stereocenters. The van der Waals surface area contributed by atoms with E-state index in [9.17, 15) is 5.11 Å². The first kappa shape index (κ1) is 15.1. The standard InChI is InChI=1S/C17H24O3/c1-4-17(13(2)18)12-11-16(20-17)10-7-14-5-8-15(19-3)9-6-14/h5-10,13,16,18H,4,11-12H2,1-3H3/b10-7+/t13-,16-,17+/m1/s1. The molecule has 110 valence electrons. The Hall–Kier alpha value is -1.32. The minimum atomic E-state index is -0.424. The van der Waals surface area contributed by atoms with Crippen LogP contribution < -0.4 is 4.74 Å². The van der Waals surface area contributed by atoms with Crippen molar-refractivity contribution in [1.29, 1.82) is 0 Å². The molecule has 1 aromatic carbocycles. The van der Waals surface area contributed by atoms with Crippen LogP contribution in [0, 0.1) is 0 Å². The number of aliphatic hydroxyl groups excluding tert-OH is 1. The van der Waals surface area contributed by atoms with Crippen molar-refractivity contribution in [3.8, 4) is 5.75 Å². The van der Waals surface area contributed by atoms with Gasteiger partial charge in [0.05, 0.1) is 24.9 Å². The zero-order chi connectivity index (χ0) is 14.6. The Morgan fingerprint density at radius 3 is 2.65 bits per heavy atom. The molecule has 0 aromatic heterocycles. The molecule has 0 bridgehead atoms. The van der Waals surface area contributed by atoms with Gasteiger partial charge in [0.2, 0.25) is 0 Å². The lowest BCUT2D eigenvalue weighted by Crippen LogP contribution is -2.39. The molecule has 0 radical (unpaired) electrons. The van der Waals surface area contributed by atoms with Gasteiger partial charge in [0.15, 0.2) is 0 Å². The van der Waals surface area contributed by atoms with Gasteiger partial charge in [-0.05, 0) is 43.9 Å². The minimum Gasteiger partial charge on any atom is -0.497 e. The molecule has 20 heavy (non-hydrogen) atoms. The third-order valence-electron chi connectivity index (χ3n) is 4.22. The summed E-state index contributed by atoms with van der Waals surface area (Å²) < 4.78 is 11.2. The fourth-order valence-corrected chi connectivity index (χ4v) is 2.74. The van der Waals surface area contributed by atoms with Crippen molar-refractivity contribution in [3.05, 3.63) is 35.9 Å². The van der Waals surface area contributed by atoms with Crippen LogP contribution in [0.5, 0.6) is 5.75 Å². The van der Waals surface area contributed by atoms with Crippen LogP contribution in [0.2, 0.25) is 0 Å². The summed E-state index contributed by atoms with van der Waals surface area (Å²) in [6, 6.07) is 7.93. The number of ether oxygens (including phenoxy) is 2. The summed E-state index contributed by atoms with van der Waals surface area (Å²) in [5.74, 6) is 0.860. The van der Waals surface area contributed by atoms with E-state index in [2.05, 4.69) is 19.1 Å². The van der Waals surface area contributed by atoms with Gasteiger partial charge < -0.3 is 14.6 Å². The van der Waals surface area contributed by atoms with Crippen LogP contribution in [-0.2, 0) is 4.74 Å². The second kappa shape index (κ2) is 6.42. The van der Waals surface area contributed by atoms with Crippen molar-refractivity contribution >= 4 is 6.08 Å². The highest BCUT2D eigenvalue weighted by atomic mass is 16.5. The molecule has 0 aliphatic carbocycles. The molecule has 0 spiro atoms. The van der Waals surface area contributed by atoms with E-state index in [1.165, 1.54) is 0 Å². The lowest BCUT2D eigenvalue weighted by molar-refractivity contribution is -0.101. The zero-order valence-corrected chi connectivity index (χ0v) is 12.5. The lowest BCUT2D eigenvalue weighted by atomic mass is 9.91. The fourth-order valence-electron chi connectivity index (χ4n) is 2.74. The van der Waals surface area contributed by atoms with E-state index in [-0.39, 0.29) is 11.7 Å². The fraction of sp³-hybridized carbons (Fsp3) is 0.529. The first-order chi connectivity index (χ1) is 9.59. The van der Waals surface area contributed by atoms with Gasteiger partial charge in [0, 0.05) is 0 Å². The predicted molar refractivity (Wildman–Crippen MR) is 80.8 cm³/mol. The van der Waals surface area contributed by atoms with Crippen molar-refractivity contribution in [1.82, 2.24) is 0 Å². The number of rotatable bonds is 5. The summed E-state index contributed by atoms with van der Waals surface area (Å²) in [4.78, 5) is 0. The average Bonchev–Trinajstić information content (AvgIpc) is 2.91. The first-order valence-corrected chi connectivity index (χ1v) is 7.28. The topological polar surface area (TPSA) is 38.7 Å². The second-order valence-electron chi connectivity index (χ2n) is 5.42. The van der Waals surface area contributed by atoms with Gasteiger partial charge in [-0.2, -0.15) is 0 Å². The maximum absolute atomic E-state index is 9.90. The zero-order valence-electron chi connectivity index (χ0n) is 12.5. The lowest BCUT2D eigenvalue weighted by Gasteiger charge is -2.30. The molecule has 1 saturated heterocycles. The molecule has 1 heterocycles. The summed E-state index contributed by atoms with van der Waals surface area (Å²) in [5, 5.41) is 9.90. The van der Waals surface area contributed by atoms with Gasteiger partial charge >= 0.3 is 0 Å². The van der Waals surface area contributed by atoms with Crippen LogP contribution in [0.3, 0.4) is 0 Å². The average molecular weight is 276 g/mol. The highest BCUT2D eigenvalue weighted by molar-refractivity contribution is 5.51. The number of methoxy groups -OCH3 is 1. The van der Waals surface area contributed by atoms with Gasteiger partial charge in [0.25, 0.3) is 0 Å². The van der Waals surface area contributed by atoms with E-state index in [0.717, 1.165) is 30.6 Å². The Morgan fingerprint density at radius 2 is 2.15 bits per heavy atom. The molecule has 1 N–H and O–H groups in total. The SMILES string of the molecule is CC[C@@]1([C@@H](C)O)CC[C@@H](/C=C/c2ccc(OC)cc2)O1. The predicted octanol–water partition coefficient (Wildman–Crippen LogP) is 3.42. The number of benzene rings is 1. The molecule has 1 aromatic rings.